The summed E-state index contributed by atoms with van der Waals surface area (Å²) in [7, 11) is 5.49. The van der Waals surface area contributed by atoms with Gasteiger partial charge in [-0.1, -0.05) is 150 Å². The van der Waals surface area contributed by atoms with Crippen LogP contribution in [0, 0.1) is 0 Å². The summed E-state index contributed by atoms with van der Waals surface area (Å²) in [6, 6.07) is -0.628. The van der Waals surface area contributed by atoms with E-state index in [1.165, 1.54) is 44.9 Å². The summed E-state index contributed by atoms with van der Waals surface area (Å²) in [5.74, 6) is -1.56. The number of ether oxygens (including phenoxy) is 3. The number of nitrogens with zero attached hydrogens (tertiary/aromatic N) is 1. The summed E-state index contributed by atoms with van der Waals surface area (Å²) in [5, 5.41) is 9.61. The van der Waals surface area contributed by atoms with Crippen LogP contribution in [0.25, 0.3) is 0 Å². The molecule has 1 N–H and O–H groups in total. The predicted molar refractivity (Wildman–Crippen MR) is 229 cm³/mol. The Labute approximate surface area is 335 Å². The van der Waals surface area contributed by atoms with E-state index in [0.29, 0.717) is 19.3 Å². The molecule has 55 heavy (non-hydrogen) atoms. The Morgan fingerprint density at radius 1 is 0.564 bits per heavy atom. The van der Waals surface area contributed by atoms with E-state index in [4.69, 9.17) is 14.2 Å². The van der Waals surface area contributed by atoms with Gasteiger partial charge in [0.25, 0.3) is 0 Å². The lowest BCUT2D eigenvalue weighted by Gasteiger charge is -2.31. The second-order valence-electron chi connectivity index (χ2n) is 15.0. The number of carboxylic acid groups (broad SMARTS) is 1. The quantitative estimate of drug-likeness (QED) is 0.0223. The molecule has 8 nitrogen and oxygen atoms in total. The van der Waals surface area contributed by atoms with Crippen molar-refractivity contribution >= 4 is 17.9 Å². The molecule has 0 aliphatic rings. The maximum absolute atomic E-state index is 12.7. The van der Waals surface area contributed by atoms with Crippen molar-refractivity contribution in [3.05, 3.63) is 85.1 Å². The first kappa shape index (κ1) is 51.5. The molecule has 2 unspecified atom stereocenters. The molecule has 2 atom stereocenters. The van der Waals surface area contributed by atoms with Crippen LogP contribution in [0.5, 0.6) is 0 Å². The number of hydrogen-bond acceptors (Lipinski definition) is 6. The van der Waals surface area contributed by atoms with Crippen LogP contribution in [0.1, 0.15) is 142 Å². The molecule has 0 fully saturated rings. The summed E-state index contributed by atoms with van der Waals surface area (Å²) in [6.45, 7) is 4.50. The molecule has 0 aliphatic heterocycles. The first-order chi connectivity index (χ1) is 26.6. The average Bonchev–Trinajstić information content (AvgIpc) is 3.14. The minimum Gasteiger partial charge on any atom is -0.477 e. The molecule has 8 heteroatoms. The lowest BCUT2D eigenvalue weighted by atomic mass is 10.1. The summed E-state index contributed by atoms with van der Waals surface area (Å²) in [6.07, 6.45) is 47.7. The number of hydrogen-bond donors (Lipinski definition) is 1. The van der Waals surface area contributed by atoms with Crippen LogP contribution in [0.15, 0.2) is 85.1 Å². The maximum atomic E-state index is 12.7. The standard InChI is InChI=1S/C47H77NO7/c1-6-8-10-12-14-16-18-20-22-23-24-26-27-29-31-33-35-37-45(49)54-42-43(41-53-40-39-44(47(51)52)48(3,4)5)55-46(50)38-36-34-32-30-28-25-21-19-17-15-13-11-9-7-2/h8,10,12,14,16,18,20,22-28,43-44H,6-7,9,11,13,15,17,19,21,29-42H2,1-5H3/p+1/b10-8+,14-12+,18-16+,22-20+,24-23+,27-26+,28-25+. The third-order valence-electron chi connectivity index (χ3n) is 8.94. The summed E-state index contributed by atoms with van der Waals surface area (Å²) in [5.41, 5.74) is 0. The number of carboxylic acids is 1. The Morgan fingerprint density at radius 2 is 1.04 bits per heavy atom. The number of rotatable bonds is 36. The Balaban J connectivity index is 4.51. The number of allylic oxidation sites excluding steroid dienone is 14. The van der Waals surface area contributed by atoms with E-state index in [9.17, 15) is 19.5 Å². The zero-order chi connectivity index (χ0) is 40.7. The van der Waals surface area contributed by atoms with Gasteiger partial charge in [-0.3, -0.25) is 9.59 Å². The molecule has 0 saturated heterocycles. The van der Waals surface area contributed by atoms with Gasteiger partial charge in [0, 0.05) is 19.3 Å². The number of quaternary nitrogens is 1. The Bertz CT molecular complexity index is 1170. The molecule has 0 rings (SSSR count). The number of unbranched alkanes of at least 4 members (excludes halogenated alkanes) is 13. The van der Waals surface area contributed by atoms with E-state index in [2.05, 4.69) is 38.2 Å². The molecular weight excluding hydrogens is 691 g/mol. The fraction of sp³-hybridized carbons (Fsp3) is 0.638. The number of esters is 2. The SMILES string of the molecule is CC/C=C/C=C/C=C/C=C/C=C/C=C/CCCCCC(=O)OCC(COCCC(C(=O)O)[N+](C)(C)C)OC(=O)CCCCC/C=C/CCCCCCCCC. The number of carbonyl (C=O) groups excluding carboxylic acids is 2. The van der Waals surface area contributed by atoms with Crippen molar-refractivity contribution in [2.24, 2.45) is 0 Å². The van der Waals surface area contributed by atoms with E-state index >= 15 is 0 Å². The minimum absolute atomic E-state index is 0.0353. The number of aliphatic carboxylic acids is 1. The predicted octanol–water partition coefficient (Wildman–Crippen LogP) is 11.4. The van der Waals surface area contributed by atoms with Crippen molar-refractivity contribution in [1.29, 1.82) is 0 Å². The third-order valence-corrected chi connectivity index (χ3v) is 8.94. The molecule has 0 aromatic carbocycles. The van der Waals surface area contributed by atoms with E-state index in [1.54, 1.807) is 0 Å². The lowest BCUT2D eigenvalue weighted by molar-refractivity contribution is -0.887. The molecule has 0 amide bonds. The van der Waals surface area contributed by atoms with Crippen molar-refractivity contribution in [2.75, 3.05) is 41.0 Å². The zero-order valence-electron chi connectivity index (χ0n) is 35.3. The highest BCUT2D eigenvalue weighted by Crippen LogP contribution is 2.12. The van der Waals surface area contributed by atoms with Gasteiger partial charge in [0.15, 0.2) is 12.1 Å². The monoisotopic (exact) mass is 769 g/mol. The van der Waals surface area contributed by atoms with Crippen molar-refractivity contribution in [3.8, 4) is 0 Å². The van der Waals surface area contributed by atoms with Gasteiger partial charge in [-0.15, -0.1) is 0 Å². The van der Waals surface area contributed by atoms with Gasteiger partial charge in [-0.25, -0.2) is 4.79 Å². The fourth-order valence-corrected chi connectivity index (χ4v) is 5.65. The molecule has 0 aromatic rings. The van der Waals surface area contributed by atoms with Crippen molar-refractivity contribution in [2.45, 2.75) is 154 Å². The van der Waals surface area contributed by atoms with Crippen LogP contribution in [0.3, 0.4) is 0 Å². The van der Waals surface area contributed by atoms with Gasteiger partial charge in [0.2, 0.25) is 0 Å². The van der Waals surface area contributed by atoms with E-state index in [1.807, 2.05) is 81.9 Å². The van der Waals surface area contributed by atoms with Gasteiger partial charge in [0.05, 0.1) is 34.4 Å². The van der Waals surface area contributed by atoms with Crippen LogP contribution in [-0.4, -0.2) is 80.6 Å². The van der Waals surface area contributed by atoms with Crippen LogP contribution in [0.2, 0.25) is 0 Å². The molecular formula is C47H78NO7+. The highest BCUT2D eigenvalue weighted by molar-refractivity contribution is 5.72. The maximum Gasteiger partial charge on any atom is 0.362 e. The zero-order valence-corrected chi connectivity index (χ0v) is 35.3. The molecule has 0 aliphatic carbocycles. The molecule has 0 bridgehead atoms. The fourth-order valence-electron chi connectivity index (χ4n) is 5.65. The molecule has 0 radical (unpaired) electrons. The first-order valence-corrected chi connectivity index (χ1v) is 21.2. The molecule has 0 heterocycles. The molecule has 0 saturated carbocycles. The average molecular weight is 769 g/mol. The van der Waals surface area contributed by atoms with E-state index in [0.717, 1.165) is 64.2 Å². The second-order valence-corrected chi connectivity index (χ2v) is 15.0. The third kappa shape index (κ3) is 35.9. The molecule has 0 spiro atoms. The molecule has 312 valence electrons. The smallest absolute Gasteiger partial charge is 0.362 e. The van der Waals surface area contributed by atoms with Gasteiger partial charge < -0.3 is 23.8 Å². The summed E-state index contributed by atoms with van der Waals surface area (Å²) in [4.78, 5) is 36.9. The highest BCUT2D eigenvalue weighted by Gasteiger charge is 2.31. The summed E-state index contributed by atoms with van der Waals surface area (Å²) < 4.78 is 17.2. The van der Waals surface area contributed by atoms with Crippen molar-refractivity contribution in [3.63, 3.8) is 0 Å². The number of likely N-dealkylation sites (N-methyl/N-ethyl adjacent to an activating group) is 1. The number of carbonyl (C=O) groups is 3. The van der Waals surface area contributed by atoms with Crippen LogP contribution in [0.4, 0.5) is 0 Å². The van der Waals surface area contributed by atoms with E-state index in [-0.39, 0.29) is 36.2 Å². The van der Waals surface area contributed by atoms with Crippen LogP contribution < -0.4 is 0 Å². The van der Waals surface area contributed by atoms with Gasteiger partial charge in [-0.05, 0) is 57.8 Å². The first-order valence-electron chi connectivity index (χ1n) is 21.2. The van der Waals surface area contributed by atoms with Crippen molar-refractivity contribution in [1.82, 2.24) is 0 Å². The lowest BCUT2D eigenvalue weighted by Crippen LogP contribution is -2.50. The molecule has 0 aromatic heterocycles. The Kier molecular flexibility index (Phi) is 35.1. The Hall–Kier alpha value is -3.49. The van der Waals surface area contributed by atoms with Gasteiger partial charge in [0.1, 0.15) is 6.61 Å². The minimum atomic E-state index is -0.888. The van der Waals surface area contributed by atoms with Crippen molar-refractivity contribution < 1.29 is 38.2 Å². The van der Waals surface area contributed by atoms with E-state index < -0.39 is 18.1 Å². The van der Waals surface area contributed by atoms with Crippen LogP contribution in [-0.2, 0) is 28.6 Å². The highest BCUT2D eigenvalue weighted by atomic mass is 16.6. The Morgan fingerprint density at radius 3 is 1.56 bits per heavy atom. The van der Waals surface area contributed by atoms with Crippen LogP contribution >= 0.6 is 0 Å². The van der Waals surface area contributed by atoms with Gasteiger partial charge in [-0.2, -0.15) is 0 Å². The van der Waals surface area contributed by atoms with Gasteiger partial charge >= 0.3 is 17.9 Å². The largest absolute Gasteiger partial charge is 0.477 e. The topological polar surface area (TPSA) is 99.1 Å². The summed E-state index contributed by atoms with van der Waals surface area (Å²) >= 11 is 0. The normalized spacial score (nSPS) is 13.8. The second kappa shape index (κ2) is 37.4.